The van der Waals surface area contributed by atoms with Gasteiger partial charge in [0.2, 0.25) is 6.79 Å². The molecule has 0 fully saturated rings. The molecule has 4 nitrogen and oxygen atoms in total. The second-order valence-corrected chi connectivity index (χ2v) is 6.07. The largest absolute Gasteiger partial charge is 0.485 e. The Kier molecular flexibility index (Phi) is 3.05. The molecule has 0 radical (unpaired) electrons. The summed E-state index contributed by atoms with van der Waals surface area (Å²) in [6.07, 6.45) is -0.215. The van der Waals surface area contributed by atoms with Gasteiger partial charge in [-0.2, -0.15) is 0 Å². The van der Waals surface area contributed by atoms with Crippen LogP contribution in [0.3, 0.4) is 0 Å². The van der Waals surface area contributed by atoms with Crippen LogP contribution in [-0.4, -0.2) is 11.9 Å². The van der Waals surface area contributed by atoms with E-state index in [1.54, 1.807) is 0 Å². The first-order valence-electron chi connectivity index (χ1n) is 6.74. The van der Waals surface area contributed by atoms with Crippen molar-refractivity contribution in [2.45, 2.75) is 18.6 Å². The van der Waals surface area contributed by atoms with Crippen molar-refractivity contribution in [3.63, 3.8) is 0 Å². The number of ether oxygens (including phenoxy) is 3. The van der Waals surface area contributed by atoms with Crippen molar-refractivity contribution < 1.29 is 19.3 Å². The third kappa shape index (κ3) is 2.26. The van der Waals surface area contributed by atoms with Crippen LogP contribution in [0, 0.1) is 0 Å². The highest BCUT2D eigenvalue weighted by atomic mass is 79.9. The van der Waals surface area contributed by atoms with E-state index in [-0.39, 0.29) is 12.9 Å². The first-order valence-corrected chi connectivity index (χ1v) is 7.54. The minimum absolute atomic E-state index is 0.192. The molecule has 0 spiro atoms. The SMILES string of the molecule is OC1CC(c2ccc3c(c2)OCO3)Oc2ccc(Br)cc21. The maximum Gasteiger partial charge on any atom is 0.231 e. The highest BCUT2D eigenvalue weighted by Gasteiger charge is 2.29. The van der Waals surface area contributed by atoms with Gasteiger partial charge in [-0.05, 0) is 35.9 Å². The zero-order valence-electron chi connectivity index (χ0n) is 11.1. The summed E-state index contributed by atoms with van der Waals surface area (Å²) in [5.74, 6) is 2.20. The fourth-order valence-corrected chi connectivity index (χ4v) is 3.11. The Hall–Kier alpha value is -1.72. The Balaban J connectivity index is 1.67. The molecule has 0 aliphatic carbocycles. The van der Waals surface area contributed by atoms with Gasteiger partial charge in [-0.25, -0.2) is 0 Å². The third-order valence-electron chi connectivity index (χ3n) is 3.81. The average molecular weight is 349 g/mol. The molecule has 0 bridgehead atoms. The van der Waals surface area contributed by atoms with E-state index in [2.05, 4.69) is 15.9 Å². The van der Waals surface area contributed by atoms with Crippen LogP contribution in [-0.2, 0) is 0 Å². The monoisotopic (exact) mass is 348 g/mol. The van der Waals surface area contributed by atoms with E-state index in [4.69, 9.17) is 14.2 Å². The molecule has 0 amide bonds. The van der Waals surface area contributed by atoms with E-state index in [1.807, 2.05) is 36.4 Å². The molecule has 0 saturated heterocycles. The van der Waals surface area contributed by atoms with Gasteiger partial charge < -0.3 is 19.3 Å². The molecule has 0 saturated carbocycles. The number of hydrogen-bond donors (Lipinski definition) is 1. The molecule has 21 heavy (non-hydrogen) atoms. The van der Waals surface area contributed by atoms with Crippen molar-refractivity contribution in [1.29, 1.82) is 0 Å². The van der Waals surface area contributed by atoms with E-state index >= 15 is 0 Å². The molecule has 2 aliphatic heterocycles. The quantitative estimate of drug-likeness (QED) is 0.852. The smallest absolute Gasteiger partial charge is 0.231 e. The molecular formula is C16H13BrO4. The second kappa shape index (κ2) is 4.93. The number of halogens is 1. The van der Waals surface area contributed by atoms with Gasteiger partial charge in [0, 0.05) is 16.5 Å². The topological polar surface area (TPSA) is 47.9 Å². The zero-order chi connectivity index (χ0) is 14.4. The lowest BCUT2D eigenvalue weighted by Crippen LogP contribution is -2.19. The Morgan fingerprint density at radius 2 is 1.81 bits per heavy atom. The van der Waals surface area contributed by atoms with Crippen molar-refractivity contribution in [2.24, 2.45) is 0 Å². The van der Waals surface area contributed by atoms with Crippen molar-refractivity contribution >= 4 is 15.9 Å². The fourth-order valence-electron chi connectivity index (χ4n) is 2.74. The molecule has 2 aliphatic rings. The van der Waals surface area contributed by atoms with E-state index in [0.29, 0.717) is 6.42 Å². The maximum absolute atomic E-state index is 10.4. The summed E-state index contributed by atoms with van der Waals surface area (Å²) in [5, 5.41) is 10.4. The standard InChI is InChI=1S/C16H13BrO4/c17-10-2-4-13-11(6-10)12(18)7-15(21-13)9-1-3-14-16(5-9)20-8-19-14/h1-6,12,15,18H,7-8H2. The van der Waals surface area contributed by atoms with Gasteiger partial charge >= 0.3 is 0 Å². The lowest BCUT2D eigenvalue weighted by molar-refractivity contribution is 0.0655. The summed E-state index contributed by atoms with van der Waals surface area (Å²) in [7, 11) is 0. The average Bonchev–Trinajstić information content (AvgIpc) is 2.95. The summed E-state index contributed by atoms with van der Waals surface area (Å²) < 4.78 is 17.7. The fraction of sp³-hybridized carbons (Fsp3) is 0.250. The van der Waals surface area contributed by atoms with Crippen LogP contribution in [0.2, 0.25) is 0 Å². The molecule has 2 aromatic rings. The van der Waals surface area contributed by atoms with E-state index < -0.39 is 6.10 Å². The van der Waals surface area contributed by atoms with Crippen LogP contribution in [0.15, 0.2) is 40.9 Å². The van der Waals surface area contributed by atoms with Gasteiger partial charge in [-0.1, -0.05) is 22.0 Å². The van der Waals surface area contributed by atoms with E-state index in [1.165, 1.54) is 0 Å². The maximum atomic E-state index is 10.4. The minimum Gasteiger partial charge on any atom is -0.485 e. The lowest BCUT2D eigenvalue weighted by atomic mass is 9.95. The van der Waals surface area contributed by atoms with Crippen LogP contribution in [0.1, 0.15) is 29.8 Å². The van der Waals surface area contributed by atoms with E-state index in [0.717, 1.165) is 32.8 Å². The Morgan fingerprint density at radius 1 is 1.00 bits per heavy atom. The second-order valence-electron chi connectivity index (χ2n) is 5.15. The van der Waals surface area contributed by atoms with Crippen LogP contribution in [0.4, 0.5) is 0 Å². The molecule has 108 valence electrons. The predicted octanol–water partition coefficient (Wildman–Crippen LogP) is 3.74. The Morgan fingerprint density at radius 3 is 2.71 bits per heavy atom. The molecule has 2 unspecified atom stereocenters. The zero-order valence-corrected chi connectivity index (χ0v) is 12.7. The van der Waals surface area contributed by atoms with Gasteiger partial charge in [-0.3, -0.25) is 0 Å². The van der Waals surface area contributed by atoms with Crippen LogP contribution < -0.4 is 14.2 Å². The molecule has 4 rings (SSSR count). The minimum atomic E-state index is -0.540. The number of rotatable bonds is 1. The summed E-state index contributed by atoms with van der Waals surface area (Å²) in [6, 6.07) is 11.4. The molecule has 2 aromatic carbocycles. The summed E-state index contributed by atoms with van der Waals surface area (Å²) in [6.45, 7) is 0.254. The van der Waals surface area contributed by atoms with Crippen LogP contribution in [0.25, 0.3) is 0 Å². The van der Waals surface area contributed by atoms with Crippen molar-refractivity contribution in [3.05, 3.63) is 52.0 Å². The Bertz CT molecular complexity index is 701. The van der Waals surface area contributed by atoms with Gasteiger partial charge in [-0.15, -0.1) is 0 Å². The van der Waals surface area contributed by atoms with Gasteiger partial charge in [0.25, 0.3) is 0 Å². The molecule has 2 atom stereocenters. The van der Waals surface area contributed by atoms with Crippen LogP contribution >= 0.6 is 15.9 Å². The number of benzene rings is 2. The van der Waals surface area contributed by atoms with E-state index in [9.17, 15) is 5.11 Å². The number of fused-ring (bicyclic) bond motifs is 2. The predicted molar refractivity (Wildman–Crippen MR) is 79.7 cm³/mol. The van der Waals surface area contributed by atoms with Gasteiger partial charge in [0.15, 0.2) is 11.5 Å². The van der Waals surface area contributed by atoms with Gasteiger partial charge in [0.1, 0.15) is 11.9 Å². The van der Waals surface area contributed by atoms with Crippen LogP contribution in [0.5, 0.6) is 17.2 Å². The number of hydrogen-bond acceptors (Lipinski definition) is 4. The first kappa shape index (κ1) is 13.0. The van der Waals surface area contributed by atoms with Crippen molar-refractivity contribution in [2.75, 3.05) is 6.79 Å². The lowest BCUT2D eigenvalue weighted by Gasteiger charge is -2.30. The summed E-state index contributed by atoms with van der Waals surface area (Å²) in [4.78, 5) is 0. The molecule has 1 N–H and O–H groups in total. The number of aliphatic hydroxyl groups is 1. The molecular weight excluding hydrogens is 336 g/mol. The van der Waals surface area contributed by atoms with Gasteiger partial charge in [0.05, 0.1) is 6.10 Å². The van der Waals surface area contributed by atoms with Crippen molar-refractivity contribution in [1.82, 2.24) is 0 Å². The molecule has 2 heterocycles. The van der Waals surface area contributed by atoms with Crippen molar-refractivity contribution in [3.8, 4) is 17.2 Å². The summed E-state index contributed by atoms with van der Waals surface area (Å²) >= 11 is 3.41. The molecule has 0 aromatic heterocycles. The number of aliphatic hydroxyl groups excluding tert-OH is 1. The first-order chi connectivity index (χ1) is 10.2. The highest BCUT2D eigenvalue weighted by Crippen LogP contribution is 2.43. The third-order valence-corrected chi connectivity index (χ3v) is 4.30. The highest BCUT2D eigenvalue weighted by molar-refractivity contribution is 9.10. The normalized spacial score (nSPS) is 22.6. The Labute approximate surface area is 130 Å². The summed E-state index contributed by atoms with van der Waals surface area (Å²) in [5.41, 5.74) is 1.80. The molecule has 5 heteroatoms.